The topological polar surface area (TPSA) is 109 Å². The highest BCUT2D eigenvalue weighted by Crippen LogP contribution is 2.20. The largest absolute Gasteiger partial charge is 0.480 e. The number of hydrogen-bond acceptors (Lipinski definition) is 4. The highest BCUT2D eigenvalue weighted by molar-refractivity contribution is 6.09. The second-order valence-electron chi connectivity index (χ2n) is 7.41. The predicted molar refractivity (Wildman–Crippen MR) is 120 cm³/mol. The third-order valence-corrected chi connectivity index (χ3v) is 5.11. The van der Waals surface area contributed by atoms with Crippen LogP contribution in [-0.4, -0.2) is 28.9 Å². The number of anilines is 1. The molecule has 0 aliphatic heterocycles. The maximum atomic E-state index is 13.8. The number of fused-ring (bicyclic) bond motifs is 1. The lowest BCUT2D eigenvalue weighted by Crippen LogP contribution is -2.42. The Morgan fingerprint density at radius 2 is 1.73 bits per heavy atom. The van der Waals surface area contributed by atoms with E-state index >= 15 is 0 Å². The van der Waals surface area contributed by atoms with Gasteiger partial charge in [0.25, 0.3) is 11.8 Å². The van der Waals surface area contributed by atoms with Gasteiger partial charge in [-0.1, -0.05) is 42.5 Å². The van der Waals surface area contributed by atoms with E-state index in [2.05, 4.69) is 10.6 Å². The van der Waals surface area contributed by atoms with Gasteiger partial charge in [0.2, 0.25) is 0 Å². The van der Waals surface area contributed by atoms with Crippen LogP contribution >= 0.6 is 0 Å². The molecule has 0 fully saturated rings. The highest BCUT2D eigenvalue weighted by Gasteiger charge is 2.23. The van der Waals surface area contributed by atoms with Crippen LogP contribution in [0.15, 0.2) is 83.7 Å². The van der Waals surface area contributed by atoms with E-state index in [1.165, 1.54) is 24.7 Å². The van der Waals surface area contributed by atoms with Crippen molar-refractivity contribution in [2.45, 2.75) is 12.5 Å². The molecule has 2 amide bonds. The molecule has 7 nitrogen and oxygen atoms in total. The summed E-state index contributed by atoms with van der Waals surface area (Å²) in [5.74, 6) is -3.25. The molecule has 0 saturated heterocycles. The molecule has 1 aromatic heterocycles. The third kappa shape index (κ3) is 5.07. The average Bonchev–Trinajstić information content (AvgIpc) is 3.34. The van der Waals surface area contributed by atoms with E-state index in [0.29, 0.717) is 0 Å². The number of benzene rings is 3. The lowest BCUT2D eigenvalue weighted by molar-refractivity contribution is -0.139. The van der Waals surface area contributed by atoms with Crippen molar-refractivity contribution in [2.75, 3.05) is 5.32 Å². The van der Waals surface area contributed by atoms with E-state index in [9.17, 15) is 23.9 Å². The smallest absolute Gasteiger partial charge is 0.326 e. The van der Waals surface area contributed by atoms with E-state index < -0.39 is 29.6 Å². The maximum Gasteiger partial charge on any atom is 0.326 e. The number of aliphatic carboxylic acids is 1. The zero-order valence-electron chi connectivity index (χ0n) is 17.2. The molecular weight excluding hydrogens is 427 g/mol. The Labute approximate surface area is 187 Å². The Morgan fingerprint density at radius 3 is 2.45 bits per heavy atom. The van der Waals surface area contributed by atoms with Crippen molar-refractivity contribution in [3.05, 3.63) is 102 Å². The molecule has 0 aliphatic carbocycles. The quantitative estimate of drug-likeness (QED) is 0.393. The number of carboxylic acids is 1. The van der Waals surface area contributed by atoms with E-state index in [-0.39, 0.29) is 23.2 Å². The summed E-state index contributed by atoms with van der Waals surface area (Å²) in [7, 11) is 0. The number of carboxylic acid groups (broad SMARTS) is 1. The molecular formula is C25H19FN2O5. The lowest BCUT2D eigenvalue weighted by Gasteiger charge is -2.17. The summed E-state index contributed by atoms with van der Waals surface area (Å²) in [5, 5.41) is 16.6. The van der Waals surface area contributed by atoms with Gasteiger partial charge >= 0.3 is 5.97 Å². The number of carbonyl (C=O) groups is 3. The van der Waals surface area contributed by atoms with Crippen LogP contribution in [0.4, 0.5) is 10.1 Å². The van der Waals surface area contributed by atoms with E-state index in [4.69, 9.17) is 4.42 Å². The normalized spacial score (nSPS) is 11.7. The number of nitrogens with one attached hydrogen (secondary N) is 2. The second-order valence-corrected chi connectivity index (χ2v) is 7.41. The SMILES string of the molecule is O=C(Nc1cc(F)ccc1C(=O)N[C@@H](Cc1ccc2ccccc2c1)C(=O)O)c1ccoc1. The Balaban J connectivity index is 1.54. The van der Waals surface area contributed by atoms with Crippen LogP contribution in [0, 0.1) is 5.82 Å². The molecule has 3 N–H and O–H groups in total. The Kier molecular flexibility index (Phi) is 6.17. The van der Waals surface area contributed by atoms with Crippen molar-refractivity contribution in [1.82, 2.24) is 5.32 Å². The molecule has 33 heavy (non-hydrogen) atoms. The number of carbonyl (C=O) groups excluding carboxylic acids is 2. The van der Waals surface area contributed by atoms with Crippen LogP contribution in [0.3, 0.4) is 0 Å². The van der Waals surface area contributed by atoms with Crippen molar-refractivity contribution in [1.29, 1.82) is 0 Å². The first kappa shape index (κ1) is 21.8. The molecule has 0 radical (unpaired) electrons. The van der Waals surface area contributed by atoms with E-state index in [1.54, 1.807) is 6.07 Å². The van der Waals surface area contributed by atoms with Crippen LogP contribution in [0.1, 0.15) is 26.3 Å². The lowest BCUT2D eigenvalue weighted by atomic mass is 10.0. The Hall–Kier alpha value is -4.46. The van der Waals surface area contributed by atoms with Gasteiger partial charge in [0.15, 0.2) is 0 Å². The van der Waals surface area contributed by atoms with E-state index in [0.717, 1.165) is 28.5 Å². The number of halogens is 1. The maximum absolute atomic E-state index is 13.8. The molecule has 0 unspecified atom stereocenters. The summed E-state index contributed by atoms with van der Waals surface area (Å²) in [6.07, 6.45) is 2.56. The molecule has 0 bridgehead atoms. The minimum atomic E-state index is -1.24. The predicted octanol–water partition coefficient (Wildman–Crippen LogP) is 4.25. The van der Waals surface area contributed by atoms with Crippen LogP contribution < -0.4 is 10.6 Å². The number of hydrogen-bond donors (Lipinski definition) is 3. The number of furan rings is 1. The van der Waals surface area contributed by atoms with Gasteiger partial charge in [-0.3, -0.25) is 9.59 Å². The fourth-order valence-electron chi connectivity index (χ4n) is 3.44. The van der Waals surface area contributed by atoms with Crippen LogP contribution in [0.5, 0.6) is 0 Å². The number of rotatable bonds is 7. The van der Waals surface area contributed by atoms with Crippen LogP contribution in [-0.2, 0) is 11.2 Å². The fourth-order valence-corrected chi connectivity index (χ4v) is 3.44. The molecule has 1 atom stereocenters. The summed E-state index contributed by atoms with van der Waals surface area (Å²) >= 11 is 0. The van der Waals surface area contributed by atoms with Crippen molar-refractivity contribution in [3.8, 4) is 0 Å². The summed E-state index contributed by atoms with van der Waals surface area (Å²) < 4.78 is 18.7. The van der Waals surface area contributed by atoms with Gasteiger partial charge < -0.3 is 20.2 Å². The van der Waals surface area contributed by atoms with Gasteiger partial charge in [-0.25, -0.2) is 9.18 Å². The molecule has 4 aromatic rings. The minimum absolute atomic E-state index is 0.0455. The summed E-state index contributed by atoms with van der Waals surface area (Å²) in [6.45, 7) is 0. The van der Waals surface area contributed by atoms with Gasteiger partial charge in [0.1, 0.15) is 18.1 Å². The molecule has 4 rings (SSSR count). The van der Waals surface area contributed by atoms with Crippen LogP contribution in [0.25, 0.3) is 10.8 Å². The molecule has 0 spiro atoms. The molecule has 0 aliphatic rings. The van der Waals surface area contributed by atoms with Crippen molar-refractivity contribution >= 4 is 34.2 Å². The Bertz CT molecular complexity index is 1330. The Morgan fingerprint density at radius 1 is 0.939 bits per heavy atom. The first-order valence-corrected chi connectivity index (χ1v) is 10.0. The van der Waals surface area contributed by atoms with Crippen molar-refractivity contribution in [2.24, 2.45) is 0 Å². The van der Waals surface area contributed by atoms with Gasteiger partial charge in [-0.15, -0.1) is 0 Å². The highest BCUT2D eigenvalue weighted by atomic mass is 19.1. The summed E-state index contributed by atoms with van der Waals surface area (Å²) in [5.41, 5.74) is 0.755. The van der Waals surface area contributed by atoms with Crippen molar-refractivity contribution < 1.29 is 28.3 Å². The van der Waals surface area contributed by atoms with Crippen molar-refractivity contribution in [3.63, 3.8) is 0 Å². The zero-order chi connectivity index (χ0) is 23.4. The second kappa shape index (κ2) is 9.35. The van der Waals surface area contributed by atoms with Crippen LogP contribution in [0.2, 0.25) is 0 Å². The van der Waals surface area contributed by atoms with Gasteiger partial charge in [-0.05, 0) is 40.6 Å². The molecule has 166 valence electrons. The molecule has 8 heteroatoms. The minimum Gasteiger partial charge on any atom is -0.480 e. The average molecular weight is 446 g/mol. The standard InChI is InChI=1S/C25H19FN2O5/c26-19-7-8-20(21(13-19)27-23(29)18-9-10-33-14-18)24(30)28-22(25(31)32)12-15-5-6-16-3-1-2-4-17(16)11-15/h1-11,13-14,22H,12H2,(H,27,29)(H,28,30)(H,31,32)/t22-/m0/s1. The summed E-state index contributed by atoms with van der Waals surface area (Å²) in [4.78, 5) is 37.1. The van der Waals surface area contributed by atoms with Gasteiger partial charge in [0, 0.05) is 6.42 Å². The molecule has 3 aromatic carbocycles. The summed E-state index contributed by atoms with van der Waals surface area (Å²) in [6, 6.07) is 16.6. The molecule has 1 heterocycles. The third-order valence-electron chi connectivity index (χ3n) is 5.11. The van der Waals surface area contributed by atoms with Gasteiger partial charge in [-0.2, -0.15) is 0 Å². The van der Waals surface area contributed by atoms with Gasteiger partial charge in [0.05, 0.1) is 23.1 Å². The first-order chi connectivity index (χ1) is 15.9. The van der Waals surface area contributed by atoms with E-state index in [1.807, 2.05) is 36.4 Å². The number of amides is 2. The zero-order valence-corrected chi connectivity index (χ0v) is 17.2. The first-order valence-electron chi connectivity index (χ1n) is 10.0. The molecule has 0 saturated carbocycles. The fraction of sp³-hybridized carbons (Fsp3) is 0.0800. The monoisotopic (exact) mass is 446 g/mol.